The lowest BCUT2D eigenvalue weighted by Gasteiger charge is -2.20. The molecule has 104 valence electrons. The minimum Gasteiger partial charge on any atom is -0.480 e. The second kappa shape index (κ2) is 9.05. The van der Waals surface area contributed by atoms with Crippen LogP contribution in [0.5, 0.6) is 0 Å². The van der Waals surface area contributed by atoms with E-state index in [-0.39, 0.29) is 26.2 Å². The zero-order valence-electron chi connectivity index (χ0n) is 10.1. The zero-order chi connectivity index (χ0) is 14.0. The average molecular weight is 262 g/mol. The molecule has 0 rings (SSSR count). The quantitative estimate of drug-likeness (QED) is 0.391. The first-order valence-corrected chi connectivity index (χ1v) is 5.24. The van der Waals surface area contributed by atoms with Gasteiger partial charge in [0.1, 0.15) is 6.54 Å². The molecule has 0 unspecified atom stereocenters. The standard InChI is InChI=1S/C9H18N4O5/c1-18-5-4-13(6-7(14)15)9(17)12-3-2-11-8(10)16/h2-6H2,1H3,(H,12,17)(H,14,15)(H3,10,11,16). The van der Waals surface area contributed by atoms with Crippen LogP contribution in [-0.4, -0.2) is 67.9 Å². The van der Waals surface area contributed by atoms with Crippen molar-refractivity contribution in [3.05, 3.63) is 0 Å². The van der Waals surface area contributed by atoms with Crippen molar-refractivity contribution in [1.82, 2.24) is 15.5 Å². The smallest absolute Gasteiger partial charge is 0.323 e. The molecular weight excluding hydrogens is 244 g/mol. The molecule has 0 aromatic carbocycles. The van der Waals surface area contributed by atoms with Crippen LogP contribution >= 0.6 is 0 Å². The molecule has 0 bridgehead atoms. The molecule has 0 fully saturated rings. The Hall–Kier alpha value is -2.03. The van der Waals surface area contributed by atoms with Gasteiger partial charge in [-0.15, -0.1) is 0 Å². The average Bonchev–Trinajstić information content (AvgIpc) is 2.29. The first-order chi connectivity index (χ1) is 8.47. The summed E-state index contributed by atoms with van der Waals surface area (Å²) in [4.78, 5) is 33.6. The molecule has 0 aromatic heterocycles. The molecule has 4 amide bonds. The maximum atomic E-state index is 11.6. The second-order valence-corrected chi connectivity index (χ2v) is 3.33. The normalized spacial score (nSPS) is 9.61. The summed E-state index contributed by atoms with van der Waals surface area (Å²) in [6.45, 7) is 0.313. The van der Waals surface area contributed by atoms with E-state index >= 15 is 0 Å². The molecule has 0 heterocycles. The molecule has 0 aliphatic heterocycles. The molecule has 0 aliphatic rings. The Bertz CT molecular complexity index is 297. The highest BCUT2D eigenvalue weighted by atomic mass is 16.5. The number of ether oxygens (including phenoxy) is 1. The molecule has 0 spiro atoms. The number of rotatable bonds is 8. The summed E-state index contributed by atoms with van der Waals surface area (Å²) >= 11 is 0. The zero-order valence-corrected chi connectivity index (χ0v) is 10.1. The number of nitrogens with one attached hydrogen (secondary N) is 2. The van der Waals surface area contributed by atoms with Gasteiger partial charge in [0.25, 0.3) is 0 Å². The SMILES string of the molecule is COCCN(CC(=O)O)C(=O)NCCNC(N)=O. The molecule has 0 radical (unpaired) electrons. The van der Waals surface area contributed by atoms with Gasteiger partial charge < -0.3 is 31.1 Å². The molecule has 18 heavy (non-hydrogen) atoms. The third kappa shape index (κ3) is 8.16. The summed E-state index contributed by atoms with van der Waals surface area (Å²) in [7, 11) is 1.45. The van der Waals surface area contributed by atoms with E-state index in [9.17, 15) is 14.4 Å². The number of amides is 4. The van der Waals surface area contributed by atoms with Gasteiger partial charge in [0.05, 0.1) is 6.61 Å². The van der Waals surface area contributed by atoms with E-state index in [0.29, 0.717) is 0 Å². The lowest BCUT2D eigenvalue weighted by atomic mass is 10.5. The third-order valence-electron chi connectivity index (χ3n) is 1.88. The summed E-state index contributed by atoms with van der Waals surface area (Å²) in [6.07, 6.45) is 0. The summed E-state index contributed by atoms with van der Waals surface area (Å²) in [5.74, 6) is -1.11. The number of carbonyl (C=O) groups excluding carboxylic acids is 2. The van der Waals surface area contributed by atoms with Crippen LogP contribution < -0.4 is 16.4 Å². The molecule has 0 aliphatic carbocycles. The molecule has 9 heteroatoms. The van der Waals surface area contributed by atoms with E-state index in [1.807, 2.05) is 0 Å². The summed E-state index contributed by atoms with van der Waals surface area (Å²) in [6, 6.07) is -1.23. The summed E-state index contributed by atoms with van der Waals surface area (Å²) < 4.78 is 4.77. The predicted molar refractivity (Wildman–Crippen MR) is 62.1 cm³/mol. The fourth-order valence-electron chi connectivity index (χ4n) is 1.08. The molecule has 5 N–H and O–H groups in total. The number of nitrogens with two attached hydrogens (primary N) is 1. The van der Waals surface area contributed by atoms with Crippen molar-refractivity contribution >= 4 is 18.0 Å². The molecule has 0 aromatic rings. The topological polar surface area (TPSA) is 134 Å². The van der Waals surface area contributed by atoms with Gasteiger partial charge in [-0.25, -0.2) is 9.59 Å². The van der Waals surface area contributed by atoms with E-state index in [2.05, 4.69) is 10.6 Å². The van der Waals surface area contributed by atoms with E-state index in [4.69, 9.17) is 15.6 Å². The minimum absolute atomic E-state index is 0.158. The number of methoxy groups -OCH3 is 1. The van der Waals surface area contributed by atoms with E-state index in [1.165, 1.54) is 7.11 Å². The van der Waals surface area contributed by atoms with Crippen molar-refractivity contribution in [1.29, 1.82) is 0 Å². The Labute approximate surface area is 104 Å². The number of hydrogen-bond donors (Lipinski definition) is 4. The lowest BCUT2D eigenvalue weighted by Crippen LogP contribution is -2.46. The van der Waals surface area contributed by atoms with Crippen LogP contribution in [0.15, 0.2) is 0 Å². The highest BCUT2D eigenvalue weighted by Crippen LogP contribution is 1.90. The van der Waals surface area contributed by atoms with Gasteiger partial charge in [0, 0.05) is 26.7 Å². The predicted octanol–water partition coefficient (Wildman–Crippen LogP) is -1.60. The van der Waals surface area contributed by atoms with Crippen LogP contribution in [-0.2, 0) is 9.53 Å². The van der Waals surface area contributed by atoms with Crippen molar-refractivity contribution < 1.29 is 24.2 Å². The first-order valence-electron chi connectivity index (χ1n) is 5.24. The molecule has 0 saturated heterocycles. The van der Waals surface area contributed by atoms with E-state index in [1.54, 1.807) is 0 Å². The third-order valence-corrected chi connectivity index (χ3v) is 1.88. The Kier molecular flexibility index (Phi) is 8.03. The van der Waals surface area contributed by atoms with E-state index < -0.39 is 24.6 Å². The molecule has 0 atom stereocenters. The van der Waals surface area contributed by atoms with Gasteiger partial charge in [0.15, 0.2) is 0 Å². The van der Waals surface area contributed by atoms with Crippen LogP contribution in [0.4, 0.5) is 9.59 Å². The number of hydrogen-bond acceptors (Lipinski definition) is 4. The number of primary amides is 1. The van der Waals surface area contributed by atoms with Crippen LogP contribution in [0.25, 0.3) is 0 Å². The highest BCUT2D eigenvalue weighted by molar-refractivity contribution is 5.80. The second-order valence-electron chi connectivity index (χ2n) is 3.33. The summed E-state index contributed by atoms with van der Waals surface area (Å²) in [5, 5.41) is 13.4. The van der Waals surface area contributed by atoms with Gasteiger partial charge in [-0.2, -0.15) is 0 Å². The Morgan fingerprint density at radius 1 is 1.28 bits per heavy atom. The fourth-order valence-corrected chi connectivity index (χ4v) is 1.08. The number of carbonyl (C=O) groups is 3. The molecular formula is C9H18N4O5. The molecule has 9 nitrogen and oxygen atoms in total. The number of carboxylic acid groups (broad SMARTS) is 1. The van der Waals surface area contributed by atoms with Crippen molar-refractivity contribution in [2.45, 2.75) is 0 Å². The minimum atomic E-state index is -1.11. The number of carboxylic acids is 1. The van der Waals surface area contributed by atoms with Gasteiger partial charge in [-0.1, -0.05) is 0 Å². The van der Waals surface area contributed by atoms with Crippen LogP contribution in [0.3, 0.4) is 0 Å². The maximum absolute atomic E-state index is 11.6. The van der Waals surface area contributed by atoms with Gasteiger partial charge >= 0.3 is 18.0 Å². The van der Waals surface area contributed by atoms with Crippen LogP contribution in [0.2, 0.25) is 0 Å². The van der Waals surface area contributed by atoms with Crippen molar-refractivity contribution in [3.8, 4) is 0 Å². The maximum Gasteiger partial charge on any atom is 0.323 e. The highest BCUT2D eigenvalue weighted by Gasteiger charge is 2.15. The van der Waals surface area contributed by atoms with Gasteiger partial charge in [0.2, 0.25) is 0 Å². The van der Waals surface area contributed by atoms with Gasteiger partial charge in [-0.3, -0.25) is 4.79 Å². The van der Waals surface area contributed by atoms with Crippen molar-refractivity contribution in [2.24, 2.45) is 5.73 Å². The summed E-state index contributed by atoms with van der Waals surface area (Å²) in [5.41, 5.74) is 4.83. The lowest BCUT2D eigenvalue weighted by molar-refractivity contribution is -0.137. The monoisotopic (exact) mass is 262 g/mol. The van der Waals surface area contributed by atoms with Crippen LogP contribution in [0.1, 0.15) is 0 Å². The number of aliphatic carboxylic acids is 1. The van der Waals surface area contributed by atoms with Crippen molar-refractivity contribution in [3.63, 3.8) is 0 Å². The molecule has 0 saturated carbocycles. The first kappa shape index (κ1) is 16.0. The Balaban J connectivity index is 4.03. The van der Waals surface area contributed by atoms with Crippen LogP contribution in [0, 0.1) is 0 Å². The Morgan fingerprint density at radius 3 is 2.39 bits per heavy atom. The fraction of sp³-hybridized carbons (Fsp3) is 0.667. The Morgan fingerprint density at radius 2 is 1.89 bits per heavy atom. The number of urea groups is 2. The van der Waals surface area contributed by atoms with E-state index in [0.717, 1.165) is 4.90 Å². The van der Waals surface area contributed by atoms with Gasteiger partial charge in [-0.05, 0) is 0 Å². The largest absolute Gasteiger partial charge is 0.480 e. The number of nitrogens with zero attached hydrogens (tertiary/aromatic N) is 1. The van der Waals surface area contributed by atoms with Crippen molar-refractivity contribution in [2.75, 3.05) is 39.9 Å².